The number of carbonyl (C=O) groups is 2. The first-order chi connectivity index (χ1) is 19.1. The van der Waals surface area contributed by atoms with Crippen LogP contribution in [0.3, 0.4) is 0 Å². The molecule has 5 aromatic rings. The van der Waals surface area contributed by atoms with Gasteiger partial charge < -0.3 is 9.47 Å². The fourth-order valence-electron chi connectivity index (χ4n) is 4.00. The van der Waals surface area contributed by atoms with E-state index in [9.17, 15) is 9.59 Å². The van der Waals surface area contributed by atoms with Crippen molar-refractivity contribution in [1.29, 1.82) is 0 Å². The number of fused-ring (bicyclic) bond motifs is 1. The van der Waals surface area contributed by atoms with Crippen molar-refractivity contribution in [1.82, 2.24) is 5.43 Å². The molecule has 0 aliphatic carbocycles. The Balaban J connectivity index is 1.26. The number of ether oxygens (including phenoxy) is 2. The smallest absolute Gasteiger partial charge is 0.345 e. The van der Waals surface area contributed by atoms with E-state index in [1.165, 1.54) is 6.21 Å². The topological polar surface area (TPSA) is 77.0 Å². The van der Waals surface area contributed by atoms with Crippen LogP contribution < -0.4 is 14.9 Å². The fourth-order valence-corrected chi connectivity index (χ4v) is 4.22. The van der Waals surface area contributed by atoms with Crippen molar-refractivity contribution in [2.75, 3.05) is 6.61 Å². The summed E-state index contributed by atoms with van der Waals surface area (Å²) in [6.07, 6.45) is 1.45. The number of hydrazone groups is 1. The molecule has 0 aliphatic rings. The standard InChI is InChI=1S/C32H23ClN2O4/c33-29-13-7-6-12-27(29)32(37)39-30-19-16-24-10-4-5-11-26(24)28(30)20-34-35-31(36)21-38-25-17-14-23(15-18-25)22-8-2-1-3-9-22/h1-20H,21H2,(H,35,36). The van der Waals surface area contributed by atoms with Crippen LogP contribution in [0.5, 0.6) is 11.5 Å². The number of carbonyl (C=O) groups excluding carboxylic acids is 2. The minimum absolute atomic E-state index is 0.216. The van der Waals surface area contributed by atoms with Crippen molar-refractivity contribution < 1.29 is 19.1 Å². The van der Waals surface area contributed by atoms with Crippen LogP contribution in [0.2, 0.25) is 5.02 Å². The molecule has 1 amide bonds. The first-order valence-corrected chi connectivity index (χ1v) is 12.5. The first kappa shape index (κ1) is 25.7. The van der Waals surface area contributed by atoms with Crippen LogP contribution in [0.4, 0.5) is 0 Å². The predicted octanol–water partition coefficient (Wildman–Crippen LogP) is 6.91. The van der Waals surface area contributed by atoms with Gasteiger partial charge in [-0.05, 0) is 52.2 Å². The van der Waals surface area contributed by atoms with Gasteiger partial charge in [-0.3, -0.25) is 4.79 Å². The Kier molecular flexibility index (Phi) is 7.95. The van der Waals surface area contributed by atoms with E-state index in [2.05, 4.69) is 10.5 Å². The van der Waals surface area contributed by atoms with Crippen molar-refractivity contribution in [2.45, 2.75) is 0 Å². The monoisotopic (exact) mass is 534 g/mol. The van der Waals surface area contributed by atoms with Crippen LogP contribution in [0.1, 0.15) is 15.9 Å². The second-order valence-electron chi connectivity index (χ2n) is 8.54. The number of esters is 1. The van der Waals surface area contributed by atoms with Gasteiger partial charge in [-0.15, -0.1) is 0 Å². The number of nitrogens with zero attached hydrogens (tertiary/aromatic N) is 1. The molecule has 7 heteroatoms. The van der Waals surface area contributed by atoms with Crippen molar-refractivity contribution >= 4 is 40.5 Å². The molecule has 0 radical (unpaired) electrons. The molecule has 0 saturated heterocycles. The van der Waals surface area contributed by atoms with Gasteiger partial charge in [-0.25, -0.2) is 10.2 Å². The molecule has 192 valence electrons. The second-order valence-corrected chi connectivity index (χ2v) is 8.95. The van der Waals surface area contributed by atoms with E-state index in [1.54, 1.807) is 30.3 Å². The molecule has 0 heterocycles. The summed E-state index contributed by atoms with van der Waals surface area (Å²) in [5.41, 5.74) is 5.40. The molecule has 0 unspecified atom stereocenters. The summed E-state index contributed by atoms with van der Waals surface area (Å²) in [6, 6.07) is 35.3. The molecule has 0 aromatic heterocycles. The molecule has 39 heavy (non-hydrogen) atoms. The summed E-state index contributed by atoms with van der Waals surface area (Å²) >= 11 is 6.16. The van der Waals surface area contributed by atoms with E-state index in [4.69, 9.17) is 21.1 Å². The zero-order valence-corrected chi connectivity index (χ0v) is 21.5. The second kappa shape index (κ2) is 12.1. The normalized spacial score (nSPS) is 10.9. The number of amides is 1. The zero-order chi connectivity index (χ0) is 27.0. The number of hydrogen-bond acceptors (Lipinski definition) is 5. The maximum absolute atomic E-state index is 12.8. The average molecular weight is 535 g/mol. The van der Waals surface area contributed by atoms with E-state index >= 15 is 0 Å². The number of rotatable bonds is 8. The quantitative estimate of drug-likeness (QED) is 0.102. The predicted molar refractivity (Wildman–Crippen MR) is 153 cm³/mol. The van der Waals surface area contributed by atoms with Gasteiger partial charge in [0.05, 0.1) is 16.8 Å². The molecular formula is C32H23ClN2O4. The van der Waals surface area contributed by atoms with Crippen LogP contribution in [-0.4, -0.2) is 24.7 Å². The maximum Gasteiger partial charge on any atom is 0.345 e. The molecule has 0 spiro atoms. The van der Waals surface area contributed by atoms with E-state index in [1.807, 2.05) is 84.9 Å². The number of benzene rings is 5. The Bertz CT molecular complexity index is 1650. The Morgan fingerprint density at radius 2 is 1.46 bits per heavy atom. The largest absolute Gasteiger partial charge is 0.484 e. The summed E-state index contributed by atoms with van der Waals surface area (Å²) in [5, 5.41) is 6.11. The highest BCUT2D eigenvalue weighted by Gasteiger charge is 2.16. The van der Waals surface area contributed by atoms with Gasteiger partial charge in [0.2, 0.25) is 0 Å². The number of halogens is 1. The van der Waals surface area contributed by atoms with Crippen LogP contribution in [0.15, 0.2) is 120 Å². The third-order valence-corrected chi connectivity index (χ3v) is 6.27. The zero-order valence-electron chi connectivity index (χ0n) is 20.7. The van der Waals surface area contributed by atoms with Gasteiger partial charge >= 0.3 is 5.97 Å². The summed E-state index contributed by atoms with van der Waals surface area (Å²) < 4.78 is 11.3. The molecule has 0 fully saturated rings. The highest BCUT2D eigenvalue weighted by molar-refractivity contribution is 6.33. The van der Waals surface area contributed by atoms with Gasteiger partial charge in [0.15, 0.2) is 6.61 Å². The molecule has 0 bridgehead atoms. The van der Waals surface area contributed by atoms with Crippen molar-refractivity contribution in [3.05, 3.63) is 131 Å². The molecule has 6 nitrogen and oxygen atoms in total. The highest BCUT2D eigenvalue weighted by Crippen LogP contribution is 2.28. The van der Waals surface area contributed by atoms with Crippen LogP contribution in [-0.2, 0) is 4.79 Å². The van der Waals surface area contributed by atoms with Gasteiger partial charge in [-0.1, -0.05) is 96.5 Å². The van der Waals surface area contributed by atoms with E-state index in [0.717, 1.165) is 21.9 Å². The summed E-state index contributed by atoms with van der Waals surface area (Å²) in [4.78, 5) is 25.2. The summed E-state index contributed by atoms with van der Waals surface area (Å²) in [6.45, 7) is -0.216. The summed E-state index contributed by atoms with van der Waals surface area (Å²) in [5.74, 6) is -0.183. The minimum Gasteiger partial charge on any atom is -0.484 e. The lowest BCUT2D eigenvalue weighted by molar-refractivity contribution is -0.123. The lowest BCUT2D eigenvalue weighted by atomic mass is 10.0. The van der Waals surface area contributed by atoms with Crippen molar-refractivity contribution in [3.63, 3.8) is 0 Å². The maximum atomic E-state index is 12.8. The molecule has 5 aromatic carbocycles. The third-order valence-electron chi connectivity index (χ3n) is 5.94. The molecule has 1 N–H and O–H groups in total. The molecule has 0 aliphatic heterocycles. The highest BCUT2D eigenvalue weighted by atomic mass is 35.5. The average Bonchev–Trinajstić information content (AvgIpc) is 2.98. The number of hydrogen-bond donors (Lipinski definition) is 1. The Morgan fingerprint density at radius 3 is 2.26 bits per heavy atom. The lowest BCUT2D eigenvalue weighted by Gasteiger charge is -2.11. The fraction of sp³-hybridized carbons (Fsp3) is 0.0312. The van der Waals surface area contributed by atoms with Crippen molar-refractivity contribution in [2.24, 2.45) is 5.10 Å². The first-order valence-electron chi connectivity index (χ1n) is 12.2. The van der Waals surface area contributed by atoms with E-state index < -0.39 is 11.9 Å². The Morgan fingerprint density at radius 1 is 0.769 bits per heavy atom. The van der Waals surface area contributed by atoms with Gasteiger partial charge in [0, 0.05) is 5.56 Å². The van der Waals surface area contributed by atoms with Crippen molar-refractivity contribution in [3.8, 4) is 22.6 Å². The third kappa shape index (κ3) is 6.32. The van der Waals surface area contributed by atoms with Crippen LogP contribution in [0.25, 0.3) is 21.9 Å². The SMILES string of the molecule is O=C(COc1ccc(-c2ccccc2)cc1)NN=Cc1c(OC(=O)c2ccccc2Cl)ccc2ccccc12. The molecule has 0 atom stereocenters. The van der Waals surface area contributed by atoms with Crippen LogP contribution in [0, 0.1) is 0 Å². The molecule has 5 rings (SSSR count). The Hall–Kier alpha value is -4.94. The van der Waals surface area contributed by atoms with E-state index in [-0.39, 0.29) is 17.9 Å². The van der Waals surface area contributed by atoms with Gasteiger partial charge in [0.25, 0.3) is 5.91 Å². The molecule has 0 saturated carbocycles. The minimum atomic E-state index is -0.596. The number of nitrogens with one attached hydrogen (secondary N) is 1. The Labute approximate surface area is 230 Å². The van der Waals surface area contributed by atoms with Gasteiger partial charge in [0.1, 0.15) is 11.5 Å². The lowest BCUT2D eigenvalue weighted by Crippen LogP contribution is -2.24. The summed E-state index contributed by atoms with van der Waals surface area (Å²) in [7, 11) is 0. The molecular weight excluding hydrogens is 512 g/mol. The van der Waals surface area contributed by atoms with Crippen LogP contribution >= 0.6 is 11.6 Å². The van der Waals surface area contributed by atoms with E-state index in [0.29, 0.717) is 16.3 Å². The van der Waals surface area contributed by atoms with Gasteiger partial charge in [-0.2, -0.15) is 5.10 Å².